The maximum absolute atomic E-state index is 12.9. The second kappa shape index (κ2) is 7.66. The summed E-state index contributed by atoms with van der Waals surface area (Å²) < 4.78 is 28.8. The largest absolute Gasteiger partial charge is 0.435 e. The number of alkyl halides is 2. The first-order chi connectivity index (χ1) is 13.7. The molecule has 10 heteroatoms. The van der Waals surface area contributed by atoms with Crippen LogP contribution in [0.1, 0.15) is 38.2 Å². The summed E-state index contributed by atoms with van der Waals surface area (Å²) in [6.07, 6.45) is 2.70. The average Bonchev–Trinajstić information content (AvgIpc) is 3.21. The molecule has 2 N–H and O–H groups in total. The van der Waals surface area contributed by atoms with Crippen molar-refractivity contribution in [1.29, 1.82) is 5.26 Å². The Morgan fingerprint density at radius 2 is 1.93 bits per heavy atom. The molecule has 2 fully saturated rings. The van der Waals surface area contributed by atoms with E-state index in [9.17, 15) is 28.4 Å². The second-order valence-corrected chi connectivity index (χ2v) is 7.30. The number of nitrogens with zero attached hydrogens (tertiary/aromatic N) is 2. The third kappa shape index (κ3) is 3.99. The van der Waals surface area contributed by atoms with E-state index in [4.69, 9.17) is 0 Å². The summed E-state index contributed by atoms with van der Waals surface area (Å²) in [6, 6.07) is 6.67. The molecule has 2 aliphatic rings. The van der Waals surface area contributed by atoms with Crippen molar-refractivity contribution in [3.05, 3.63) is 29.8 Å². The molecule has 0 bridgehead atoms. The molecule has 1 heterocycles. The highest BCUT2D eigenvalue weighted by Gasteiger charge is 2.50. The Balaban J connectivity index is 1.71. The summed E-state index contributed by atoms with van der Waals surface area (Å²) in [5.41, 5.74) is -2.06. The smallest absolute Gasteiger partial charge is 0.387 e. The lowest BCUT2D eigenvalue weighted by molar-refractivity contribution is -0.135. The van der Waals surface area contributed by atoms with E-state index >= 15 is 0 Å². The molecule has 3 rings (SSSR count). The number of imide groups is 1. The zero-order valence-electron chi connectivity index (χ0n) is 15.7. The van der Waals surface area contributed by atoms with E-state index < -0.39 is 42.1 Å². The number of rotatable bonds is 6. The molecule has 0 spiro atoms. The lowest BCUT2D eigenvalue weighted by atomic mass is 9.92. The Morgan fingerprint density at radius 1 is 1.31 bits per heavy atom. The molecule has 0 aromatic heterocycles. The van der Waals surface area contributed by atoms with Gasteiger partial charge in [0.15, 0.2) is 0 Å². The van der Waals surface area contributed by atoms with E-state index in [1.165, 1.54) is 31.2 Å². The van der Waals surface area contributed by atoms with Crippen LogP contribution in [0.25, 0.3) is 0 Å². The summed E-state index contributed by atoms with van der Waals surface area (Å²) in [7, 11) is 0. The lowest BCUT2D eigenvalue weighted by Crippen LogP contribution is -2.50. The minimum atomic E-state index is -2.98. The van der Waals surface area contributed by atoms with Crippen molar-refractivity contribution in [2.24, 2.45) is 0 Å². The van der Waals surface area contributed by atoms with Crippen LogP contribution in [0.2, 0.25) is 0 Å². The first-order valence-electron chi connectivity index (χ1n) is 9.11. The second-order valence-electron chi connectivity index (χ2n) is 7.30. The molecular formula is C19H20F2N4O4. The maximum atomic E-state index is 12.9. The number of urea groups is 1. The number of hydrogen-bond donors (Lipinski definition) is 2. The maximum Gasteiger partial charge on any atom is 0.387 e. The summed E-state index contributed by atoms with van der Waals surface area (Å²) in [4.78, 5) is 38.4. The van der Waals surface area contributed by atoms with Gasteiger partial charge in [0.25, 0.3) is 5.91 Å². The highest BCUT2D eigenvalue weighted by atomic mass is 19.3. The van der Waals surface area contributed by atoms with Gasteiger partial charge in [-0.1, -0.05) is 12.1 Å². The number of nitrogens with one attached hydrogen (secondary N) is 2. The van der Waals surface area contributed by atoms with Gasteiger partial charge < -0.3 is 15.4 Å². The van der Waals surface area contributed by atoms with Crippen LogP contribution in [0.15, 0.2) is 24.3 Å². The topological polar surface area (TPSA) is 112 Å². The number of carbonyl (C=O) groups is 3. The van der Waals surface area contributed by atoms with E-state index in [1.54, 1.807) is 0 Å². The minimum absolute atomic E-state index is 0.0845. The number of ether oxygens (including phenoxy) is 1. The Hall–Kier alpha value is -3.22. The molecule has 0 unspecified atom stereocenters. The fourth-order valence-corrected chi connectivity index (χ4v) is 3.70. The summed E-state index contributed by atoms with van der Waals surface area (Å²) in [5.74, 6) is -1.33. The van der Waals surface area contributed by atoms with E-state index in [1.807, 2.05) is 0 Å². The van der Waals surface area contributed by atoms with Crippen molar-refractivity contribution in [3.8, 4) is 11.8 Å². The minimum Gasteiger partial charge on any atom is -0.435 e. The fourth-order valence-electron chi connectivity index (χ4n) is 3.70. The third-order valence-electron chi connectivity index (χ3n) is 5.28. The van der Waals surface area contributed by atoms with E-state index in [-0.39, 0.29) is 5.75 Å². The van der Waals surface area contributed by atoms with Crippen molar-refractivity contribution in [1.82, 2.24) is 15.5 Å². The Labute approximate surface area is 165 Å². The van der Waals surface area contributed by atoms with Gasteiger partial charge in [0.1, 0.15) is 23.4 Å². The molecule has 1 aliphatic heterocycles. The molecule has 1 saturated heterocycles. The monoisotopic (exact) mass is 406 g/mol. The lowest BCUT2D eigenvalue weighted by Gasteiger charge is -2.24. The number of nitriles is 1. The van der Waals surface area contributed by atoms with Crippen LogP contribution < -0.4 is 15.4 Å². The van der Waals surface area contributed by atoms with Crippen molar-refractivity contribution in [2.75, 3.05) is 6.54 Å². The van der Waals surface area contributed by atoms with Gasteiger partial charge in [0.2, 0.25) is 5.91 Å². The summed E-state index contributed by atoms with van der Waals surface area (Å²) >= 11 is 0. The first kappa shape index (κ1) is 20.5. The van der Waals surface area contributed by atoms with Gasteiger partial charge in [-0.25, -0.2) is 4.79 Å². The molecular weight excluding hydrogens is 386 g/mol. The van der Waals surface area contributed by atoms with Crippen LogP contribution in [-0.4, -0.2) is 41.4 Å². The number of carbonyl (C=O) groups excluding carboxylic acids is 3. The van der Waals surface area contributed by atoms with Crippen LogP contribution in [0, 0.1) is 11.3 Å². The highest BCUT2D eigenvalue weighted by molar-refractivity contribution is 6.09. The van der Waals surface area contributed by atoms with Gasteiger partial charge in [0, 0.05) is 0 Å². The summed E-state index contributed by atoms with van der Waals surface area (Å²) in [6.45, 7) is -2.03. The van der Waals surface area contributed by atoms with E-state index in [0.29, 0.717) is 18.4 Å². The van der Waals surface area contributed by atoms with Crippen LogP contribution in [-0.2, 0) is 15.1 Å². The van der Waals surface area contributed by atoms with Gasteiger partial charge in [0.05, 0.1) is 6.07 Å². The van der Waals surface area contributed by atoms with Gasteiger partial charge in [-0.3, -0.25) is 14.5 Å². The van der Waals surface area contributed by atoms with Gasteiger partial charge >= 0.3 is 12.6 Å². The van der Waals surface area contributed by atoms with E-state index in [0.717, 1.165) is 17.7 Å². The molecule has 1 aromatic rings. The standard InChI is InChI=1S/C19H20F2N4O4/c1-18(12-4-6-13(7-5-12)29-16(20)21)15(27)25(17(28)24-18)10-14(26)23-19(11-22)8-2-3-9-19/h4-7,16H,2-3,8-10H2,1H3,(H,23,26)(H,24,28)/t18-/m1/s1. The molecule has 1 atom stereocenters. The normalized spacial score (nSPS) is 23.1. The molecule has 1 saturated carbocycles. The zero-order chi connectivity index (χ0) is 21.2. The molecule has 1 aromatic carbocycles. The Morgan fingerprint density at radius 3 is 2.48 bits per heavy atom. The van der Waals surface area contributed by atoms with Crippen molar-refractivity contribution >= 4 is 17.8 Å². The number of hydrogen-bond acceptors (Lipinski definition) is 5. The summed E-state index contributed by atoms with van der Waals surface area (Å²) in [5, 5.41) is 14.5. The van der Waals surface area contributed by atoms with Gasteiger partial charge in [-0.15, -0.1) is 0 Å². The SMILES string of the molecule is C[C@]1(c2ccc(OC(F)F)cc2)NC(=O)N(CC(=O)NC2(C#N)CCCC2)C1=O. The molecule has 29 heavy (non-hydrogen) atoms. The zero-order valence-corrected chi connectivity index (χ0v) is 15.7. The quantitative estimate of drug-likeness (QED) is 0.702. The molecule has 4 amide bonds. The van der Waals surface area contributed by atoms with Crippen LogP contribution >= 0.6 is 0 Å². The molecule has 1 aliphatic carbocycles. The molecule has 8 nitrogen and oxygen atoms in total. The van der Waals surface area contributed by atoms with Crippen molar-refractivity contribution in [3.63, 3.8) is 0 Å². The highest BCUT2D eigenvalue weighted by Crippen LogP contribution is 2.31. The number of amides is 4. The fraction of sp³-hybridized carbons (Fsp3) is 0.474. The van der Waals surface area contributed by atoms with Gasteiger partial charge in [-0.05, 0) is 50.3 Å². The predicted octanol–water partition coefficient (Wildman–Crippen LogP) is 2.01. The van der Waals surface area contributed by atoms with Crippen LogP contribution in [0.5, 0.6) is 5.75 Å². The van der Waals surface area contributed by atoms with Crippen LogP contribution in [0.4, 0.5) is 13.6 Å². The Bertz CT molecular complexity index is 862. The number of halogens is 2. The van der Waals surface area contributed by atoms with E-state index in [2.05, 4.69) is 21.4 Å². The Kier molecular flexibility index (Phi) is 5.42. The number of benzene rings is 1. The first-order valence-corrected chi connectivity index (χ1v) is 9.11. The van der Waals surface area contributed by atoms with Crippen LogP contribution in [0.3, 0.4) is 0 Å². The molecule has 0 radical (unpaired) electrons. The van der Waals surface area contributed by atoms with Crippen molar-refractivity contribution < 1.29 is 27.9 Å². The van der Waals surface area contributed by atoms with Gasteiger partial charge in [-0.2, -0.15) is 14.0 Å². The molecule has 154 valence electrons. The predicted molar refractivity (Wildman–Crippen MR) is 95.6 cm³/mol. The van der Waals surface area contributed by atoms with Crippen molar-refractivity contribution in [2.45, 2.75) is 50.3 Å². The average molecular weight is 406 g/mol. The third-order valence-corrected chi connectivity index (χ3v) is 5.28.